The van der Waals surface area contributed by atoms with E-state index in [4.69, 9.17) is 42.3 Å². The van der Waals surface area contributed by atoms with Gasteiger partial charge in [0.15, 0.2) is 0 Å². The van der Waals surface area contributed by atoms with Gasteiger partial charge in [-0.2, -0.15) is 0 Å². The van der Waals surface area contributed by atoms with E-state index in [0.717, 1.165) is 5.66 Å². The molecule has 0 N–H and O–H groups in total. The van der Waals surface area contributed by atoms with Crippen LogP contribution in [0.2, 0.25) is 0 Å². The molecule has 0 bridgehead atoms. The topological polar surface area (TPSA) is 0 Å². The van der Waals surface area contributed by atoms with Gasteiger partial charge < -0.3 is 0 Å². The molecule has 2 atom stereocenters. The van der Waals surface area contributed by atoms with Crippen molar-refractivity contribution in [3.63, 3.8) is 0 Å². The Kier molecular flexibility index (Phi) is 14.0. The molecule has 1 saturated heterocycles. The van der Waals surface area contributed by atoms with Crippen molar-refractivity contribution in [2.75, 3.05) is 11.5 Å². The maximum absolute atomic E-state index is 4.81. The molecule has 3 rings (SSSR count). The molecule has 2 aromatic rings. The van der Waals surface area contributed by atoms with Crippen molar-refractivity contribution < 1.29 is 15.9 Å². The molecule has 1 heterocycles. The Bertz CT molecular complexity index is 478. The normalized spacial score (nSPS) is 19.5. The Morgan fingerprint density at radius 2 is 1.38 bits per heavy atom. The van der Waals surface area contributed by atoms with Crippen LogP contribution in [0, 0.1) is 0 Å². The van der Waals surface area contributed by atoms with E-state index in [9.17, 15) is 0 Å². The summed E-state index contributed by atoms with van der Waals surface area (Å²) < 4.78 is 0. The molecule has 2 unspecified atom stereocenters. The molecule has 1 aliphatic heterocycles. The van der Waals surface area contributed by atoms with E-state index in [0.29, 0.717) is 0 Å². The van der Waals surface area contributed by atoms with Crippen LogP contribution in [0.15, 0.2) is 60.7 Å². The van der Waals surface area contributed by atoms with Crippen LogP contribution in [-0.2, 0) is 15.9 Å². The van der Waals surface area contributed by atoms with Crippen LogP contribution in [-0.4, -0.2) is 11.5 Å². The van der Waals surface area contributed by atoms with Crippen molar-refractivity contribution in [1.29, 1.82) is 0 Å². The number of hydrogen-bond acceptors (Lipinski definition) is 0. The van der Waals surface area contributed by atoms with Crippen LogP contribution in [0.25, 0.3) is 0 Å². The van der Waals surface area contributed by atoms with Gasteiger partial charge in [0.05, 0.1) is 5.34 Å². The minimum absolute atomic E-state index is 0.00656. The summed E-state index contributed by atoms with van der Waals surface area (Å²) in [6.45, 7) is 0. The van der Waals surface area contributed by atoms with E-state index in [1.54, 1.807) is 10.9 Å². The second-order valence-corrected chi connectivity index (χ2v) is 10.8. The minimum Gasteiger partial charge on any atom is -0.0677 e. The van der Waals surface area contributed by atoms with Crippen LogP contribution < -0.4 is 5.30 Å². The van der Waals surface area contributed by atoms with E-state index in [-0.39, 0.29) is 29.2 Å². The molecule has 2 aromatic carbocycles. The predicted molar refractivity (Wildman–Crippen MR) is 109 cm³/mol. The average Bonchev–Trinajstić information content (AvgIpc) is 2.65. The molecule has 0 nitrogen and oxygen atoms in total. The molecule has 1 aliphatic rings. The van der Waals surface area contributed by atoms with Crippen molar-refractivity contribution >= 4 is 55.5 Å². The molecule has 24 heavy (non-hydrogen) atoms. The van der Waals surface area contributed by atoms with Gasteiger partial charge in [-0.05, 0) is 29.9 Å². The van der Waals surface area contributed by atoms with E-state index in [1.165, 1.54) is 25.4 Å². The fourth-order valence-electron chi connectivity index (χ4n) is 2.88. The smallest absolute Gasteiger partial charge is 0.00819 e. The molecular formula is C18H21Cl4PPd. The van der Waals surface area contributed by atoms with Gasteiger partial charge in [0.2, 0.25) is 0 Å². The molecule has 6 heteroatoms. The van der Waals surface area contributed by atoms with E-state index >= 15 is 0 Å². The fraction of sp³-hybridized carbons (Fsp3) is 0.333. The SMILES string of the molecule is ClCCl.[Cl][Pd][Cl].c1ccc(C2CCCCP2c2ccccc2)cc1. The van der Waals surface area contributed by atoms with Crippen LogP contribution in [0.4, 0.5) is 0 Å². The molecule has 0 aliphatic carbocycles. The first-order chi connectivity index (χ1) is 11.8. The van der Waals surface area contributed by atoms with Crippen LogP contribution in [0.5, 0.6) is 0 Å². The summed E-state index contributed by atoms with van der Waals surface area (Å²) in [5.41, 5.74) is 2.32. The van der Waals surface area contributed by atoms with E-state index < -0.39 is 0 Å². The van der Waals surface area contributed by atoms with Crippen LogP contribution in [0.3, 0.4) is 0 Å². The summed E-state index contributed by atoms with van der Waals surface area (Å²) in [7, 11) is 9.62. The molecule has 0 spiro atoms. The second kappa shape index (κ2) is 14.8. The second-order valence-electron chi connectivity index (χ2n) is 5.10. The number of halogens is 4. The number of alkyl halides is 2. The third-order valence-corrected chi connectivity index (χ3v) is 6.84. The molecule has 0 radical (unpaired) electrons. The molecule has 136 valence electrons. The molecule has 0 aromatic heterocycles. The summed E-state index contributed by atoms with van der Waals surface area (Å²) in [5.74, 6) is 0. The first-order valence-electron chi connectivity index (χ1n) is 7.59. The van der Waals surface area contributed by atoms with Gasteiger partial charge in [0, 0.05) is 5.66 Å². The zero-order valence-electron chi connectivity index (χ0n) is 13.2. The minimum atomic E-state index is -0.106. The van der Waals surface area contributed by atoms with Gasteiger partial charge in [-0.1, -0.05) is 75.0 Å². The monoisotopic (exact) mass is 514 g/mol. The fourth-order valence-corrected chi connectivity index (χ4v) is 5.96. The quantitative estimate of drug-likeness (QED) is 0.220. The third kappa shape index (κ3) is 8.38. The van der Waals surface area contributed by atoms with Crippen molar-refractivity contribution in [2.24, 2.45) is 0 Å². The number of hydrogen-bond donors (Lipinski definition) is 0. The number of benzene rings is 2. The first-order valence-corrected chi connectivity index (χ1v) is 14.3. The Hall–Kier alpha value is 0.692. The van der Waals surface area contributed by atoms with Crippen molar-refractivity contribution in [3.05, 3.63) is 66.2 Å². The Balaban J connectivity index is 0.000000423. The first kappa shape index (κ1) is 22.7. The van der Waals surface area contributed by atoms with E-state index in [2.05, 4.69) is 60.7 Å². The standard InChI is InChI=1S/C17H19P.CH2Cl2.2ClH.Pd/c1-3-9-15(10-4-1)17-13-7-8-14-18(17)16-11-5-2-6-12-16;2-1-3;;;/h1-6,9-12,17H,7-8,13-14H2;1H2;2*1H;/q;;;;+2/p-2. The van der Waals surface area contributed by atoms with Gasteiger partial charge in [0.25, 0.3) is 0 Å². The summed E-state index contributed by atoms with van der Waals surface area (Å²) in [6, 6.07) is 22.3. The van der Waals surface area contributed by atoms with Crippen molar-refractivity contribution in [1.82, 2.24) is 0 Å². The van der Waals surface area contributed by atoms with Gasteiger partial charge in [-0.25, -0.2) is 0 Å². The summed E-state index contributed by atoms with van der Waals surface area (Å²) in [4.78, 5) is 0. The zero-order chi connectivity index (χ0) is 17.6. The maximum atomic E-state index is 4.81. The summed E-state index contributed by atoms with van der Waals surface area (Å²) in [6.07, 6.45) is 5.57. The van der Waals surface area contributed by atoms with E-state index in [1.807, 2.05) is 0 Å². The van der Waals surface area contributed by atoms with Crippen molar-refractivity contribution in [3.8, 4) is 0 Å². The molecule has 0 amide bonds. The number of rotatable bonds is 2. The largest absolute Gasteiger partial charge is 0.0677 e. The zero-order valence-corrected chi connectivity index (χ0v) is 18.6. The Morgan fingerprint density at radius 3 is 1.92 bits per heavy atom. The summed E-state index contributed by atoms with van der Waals surface area (Å²) >= 11 is 9.42. The Labute approximate surface area is 173 Å². The maximum Gasteiger partial charge on any atom is 0.00819 e. The van der Waals surface area contributed by atoms with Crippen LogP contribution in [0.1, 0.15) is 30.5 Å². The van der Waals surface area contributed by atoms with Crippen molar-refractivity contribution in [2.45, 2.75) is 24.9 Å². The third-order valence-electron chi connectivity index (χ3n) is 3.77. The average molecular weight is 517 g/mol. The van der Waals surface area contributed by atoms with Crippen LogP contribution >= 0.6 is 50.2 Å². The van der Waals surface area contributed by atoms with Gasteiger partial charge in [0.1, 0.15) is 0 Å². The molecule has 0 saturated carbocycles. The predicted octanol–water partition coefficient (Wildman–Crippen LogP) is 7.52. The van der Waals surface area contributed by atoms with Gasteiger partial charge >= 0.3 is 35.0 Å². The summed E-state index contributed by atoms with van der Waals surface area (Å²) in [5, 5.41) is 1.78. The van der Waals surface area contributed by atoms with Gasteiger partial charge in [-0.3, -0.25) is 0 Å². The Morgan fingerprint density at radius 1 is 0.875 bits per heavy atom. The van der Waals surface area contributed by atoms with Gasteiger partial charge in [-0.15, -0.1) is 23.2 Å². The molecular weight excluding hydrogens is 495 g/mol. The molecule has 1 fully saturated rings.